The van der Waals surface area contributed by atoms with Crippen molar-refractivity contribution in [2.24, 2.45) is 11.8 Å². The van der Waals surface area contributed by atoms with Gasteiger partial charge in [-0.25, -0.2) is 13.1 Å². The minimum Gasteiger partial charge on any atom is -0.313 e. The first-order valence-electron chi connectivity index (χ1n) is 7.27. The highest BCUT2D eigenvalue weighted by atomic mass is 32.2. The Balaban J connectivity index is 1.76. The number of nitrogens with one attached hydrogen (secondary N) is 2. The molecule has 3 atom stereocenters. The first kappa shape index (κ1) is 14.3. The molecule has 0 aromatic carbocycles. The highest BCUT2D eigenvalue weighted by Gasteiger charge is 2.25. The van der Waals surface area contributed by atoms with Gasteiger partial charge in [-0.15, -0.1) is 0 Å². The van der Waals surface area contributed by atoms with E-state index in [1.807, 2.05) is 0 Å². The van der Waals surface area contributed by atoms with Crippen LogP contribution < -0.4 is 10.0 Å². The van der Waals surface area contributed by atoms with Crippen LogP contribution in [-0.4, -0.2) is 33.3 Å². The Morgan fingerprint density at radius 2 is 1.94 bits per heavy atom. The summed E-state index contributed by atoms with van der Waals surface area (Å²) in [7, 11) is -3.10. The Morgan fingerprint density at radius 1 is 1.17 bits per heavy atom. The van der Waals surface area contributed by atoms with Gasteiger partial charge in [0.05, 0.1) is 5.75 Å². The van der Waals surface area contributed by atoms with Gasteiger partial charge >= 0.3 is 0 Å². The summed E-state index contributed by atoms with van der Waals surface area (Å²) in [6.45, 7) is 3.84. The molecule has 0 bridgehead atoms. The second-order valence-corrected chi connectivity index (χ2v) is 7.80. The van der Waals surface area contributed by atoms with E-state index in [-0.39, 0.29) is 11.8 Å². The van der Waals surface area contributed by atoms with Crippen molar-refractivity contribution in [3.8, 4) is 0 Å². The number of sulfonamides is 1. The van der Waals surface area contributed by atoms with Crippen LogP contribution in [0.3, 0.4) is 0 Å². The summed E-state index contributed by atoms with van der Waals surface area (Å²) in [5, 5.41) is 3.24. The molecule has 0 aromatic heterocycles. The van der Waals surface area contributed by atoms with Gasteiger partial charge in [0.15, 0.2) is 0 Å². The normalized spacial score (nSPS) is 33.7. The summed E-state index contributed by atoms with van der Waals surface area (Å²) in [4.78, 5) is 0. The first-order chi connectivity index (χ1) is 8.57. The molecular weight excluding hydrogens is 248 g/mol. The zero-order valence-electron chi connectivity index (χ0n) is 11.3. The van der Waals surface area contributed by atoms with Crippen molar-refractivity contribution in [1.82, 2.24) is 10.0 Å². The van der Waals surface area contributed by atoms with E-state index in [0.29, 0.717) is 18.4 Å². The van der Waals surface area contributed by atoms with Crippen LogP contribution in [0.2, 0.25) is 0 Å². The van der Waals surface area contributed by atoms with Crippen molar-refractivity contribution in [2.75, 3.05) is 18.8 Å². The molecule has 4 nitrogen and oxygen atoms in total. The Labute approximate surface area is 111 Å². The predicted molar refractivity (Wildman–Crippen MR) is 73.9 cm³/mol. The lowest BCUT2D eigenvalue weighted by molar-refractivity contribution is 0.257. The fraction of sp³-hybridized carbons (Fsp3) is 1.00. The molecule has 1 heterocycles. The van der Waals surface area contributed by atoms with Crippen LogP contribution in [0.5, 0.6) is 0 Å². The van der Waals surface area contributed by atoms with Crippen molar-refractivity contribution >= 4 is 10.0 Å². The predicted octanol–water partition coefficient (Wildman–Crippen LogP) is 1.48. The minimum atomic E-state index is -3.10. The number of hydrogen-bond donors (Lipinski definition) is 2. The molecule has 0 aromatic rings. The molecule has 0 radical (unpaired) electrons. The lowest BCUT2D eigenvalue weighted by Gasteiger charge is -2.28. The zero-order chi connectivity index (χ0) is 13.0. The molecular formula is C13H26N2O2S. The molecule has 1 saturated heterocycles. The summed E-state index contributed by atoms with van der Waals surface area (Å²) in [6, 6.07) is 0.159. The maximum absolute atomic E-state index is 12.0. The van der Waals surface area contributed by atoms with Crippen molar-refractivity contribution in [3.63, 3.8) is 0 Å². The van der Waals surface area contributed by atoms with Crippen molar-refractivity contribution in [3.05, 3.63) is 0 Å². The fourth-order valence-electron chi connectivity index (χ4n) is 3.15. The van der Waals surface area contributed by atoms with E-state index < -0.39 is 10.0 Å². The maximum atomic E-state index is 12.0. The van der Waals surface area contributed by atoms with E-state index in [2.05, 4.69) is 17.0 Å². The molecule has 1 aliphatic carbocycles. The molecule has 0 spiro atoms. The standard InChI is InChI=1S/C13H26N2O2S/c1-11-5-2-3-6-12(11)9-15-18(16,17)10-13-7-4-8-14-13/h11-15H,2-10H2,1H3. The zero-order valence-corrected chi connectivity index (χ0v) is 12.1. The van der Waals surface area contributed by atoms with E-state index >= 15 is 0 Å². The summed E-state index contributed by atoms with van der Waals surface area (Å²) in [5.74, 6) is 1.43. The van der Waals surface area contributed by atoms with Crippen LogP contribution in [0.4, 0.5) is 0 Å². The van der Waals surface area contributed by atoms with Gasteiger partial charge in [0.1, 0.15) is 0 Å². The molecule has 2 aliphatic rings. The SMILES string of the molecule is CC1CCCCC1CNS(=O)(=O)CC1CCCN1. The largest absolute Gasteiger partial charge is 0.313 e. The van der Waals surface area contributed by atoms with Crippen LogP contribution in [0, 0.1) is 11.8 Å². The van der Waals surface area contributed by atoms with E-state index in [4.69, 9.17) is 0 Å². The summed E-state index contributed by atoms with van der Waals surface area (Å²) >= 11 is 0. The van der Waals surface area contributed by atoms with Crippen molar-refractivity contribution in [2.45, 2.75) is 51.5 Å². The van der Waals surface area contributed by atoms with E-state index in [9.17, 15) is 8.42 Å². The van der Waals surface area contributed by atoms with Gasteiger partial charge in [0.2, 0.25) is 10.0 Å². The quantitative estimate of drug-likeness (QED) is 0.798. The van der Waals surface area contributed by atoms with Crippen molar-refractivity contribution < 1.29 is 8.42 Å². The minimum absolute atomic E-state index is 0.159. The molecule has 2 N–H and O–H groups in total. The third kappa shape index (κ3) is 4.21. The monoisotopic (exact) mass is 274 g/mol. The second-order valence-electron chi connectivity index (χ2n) is 5.94. The first-order valence-corrected chi connectivity index (χ1v) is 8.93. The Hall–Kier alpha value is -0.130. The van der Waals surface area contributed by atoms with Gasteiger partial charge in [-0.1, -0.05) is 26.2 Å². The van der Waals surface area contributed by atoms with Crippen LogP contribution in [0.15, 0.2) is 0 Å². The number of hydrogen-bond acceptors (Lipinski definition) is 3. The number of rotatable bonds is 5. The van der Waals surface area contributed by atoms with E-state index in [1.165, 1.54) is 25.7 Å². The van der Waals surface area contributed by atoms with Gasteiger partial charge < -0.3 is 5.32 Å². The average molecular weight is 274 g/mol. The smallest absolute Gasteiger partial charge is 0.213 e. The average Bonchev–Trinajstić information content (AvgIpc) is 2.80. The van der Waals surface area contributed by atoms with E-state index in [1.54, 1.807) is 0 Å². The van der Waals surface area contributed by atoms with Crippen LogP contribution in [0.25, 0.3) is 0 Å². The lowest BCUT2D eigenvalue weighted by Crippen LogP contribution is -2.39. The molecule has 2 rings (SSSR count). The topological polar surface area (TPSA) is 58.2 Å². The van der Waals surface area contributed by atoms with Gasteiger partial charge in [0.25, 0.3) is 0 Å². The van der Waals surface area contributed by atoms with Crippen LogP contribution in [-0.2, 0) is 10.0 Å². The van der Waals surface area contributed by atoms with Crippen LogP contribution >= 0.6 is 0 Å². The summed E-state index contributed by atoms with van der Waals surface area (Å²) < 4.78 is 26.8. The highest BCUT2D eigenvalue weighted by molar-refractivity contribution is 7.89. The molecule has 0 amide bonds. The Bertz CT molecular complexity index is 350. The molecule has 5 heteroatoms. The van der Waals surface area contributed by atoms with Gasteiger partial charge in [-0.05, 0) is 37.6 Å². The van der Waals surface area contributed by atoms with Gasteiger partial charge in [-0.2, -0.15) is 0 Å². The van der Waals surface area contributed by atoms with Crippen molar-refractivity contribution in [1.29, 1.82) is 0 Å². The molecule has 1 saturated carbocycles. The Kier molecular flexibility index (Phi) is 5.04. The fourth-order valence-corrected chi connectivity index (χ4v) is 4.55. The van der Waals surface area contributed by atoms with E-state index in [0.717, 1.165) is 19.4 Å². The third-order valence-corrected chi connectivity index (χ3v) is 5.89. The lowest BCUT2D eigenvalue weighted by atomic mass is 9.81. The third-order valence-electron chi connectivity index (χ3n) is 4.44. The second kappa shape index (κ2) is 6.35. The van der Waals surface area contributed by atoms with Crippen LogP contribution in [0.1, 0.15) is 45.4 Å². The van der Waals surface area contributed by atoms with Gasteiger partial charge in [-0.3, -0.25) is 0 Å². The molecule has 18 heavy (non-hydrogen) atoms. The summed E-state index contributed by atoms with van der Waals surface area (Å²) in [6.07, 6.45) is 7.06. The molecule has 2 fully saturated rings. The molecule has 3 unspecified atom stereocenters. The molecule has 106 valence electrons. The molecule has 1 aliphatic heterocycles. The van der Waals surface area contributed by atoms with Gasteiger partial charge in [0, 0.05) is 12.6 Å². The summed E-state index contributed by atoms with van der Waals surface area (Å²) in [5.41, 5.74) is 0. The highest BCUT2D eigenvalue weighted by Crippen LogP contribution is 2.29. The maximum Gasteiger partial charge on any atom is 0.213 e. The Morgan fingerprint density at radius 3 is 2.61 bits per heavy atom.